The molecule has 1 aliphatic rings. The Morgan fingerprint density at radius 2 is 2.00 bits per heavy atom. The van der Waals surface area contributed by atoms with E-state index in [0.717, 1.165) is 46.7 Å². The normalized spacial score (nSPS) is 14.4. The van der Waals surface area contributed by atoms with Gasteiger partial charge in [0.1, 0.15) is 5.82 Å². The molecule has 2 aromatic heterocycles. The summed E-state index contributed by atoms with van der Waals surface area (Å²) in [6, 6.07) is 12.0. The van der Waals surface area contributed by atoms with Gasteiger partial charge in [-0.05, 0) is 12.8 Å². The Labute approximate surface area is 139 Å². The van der Waals surface area contributed by atoms with Gasteiger partial charge in [-0.25, -0.2) is 0 Å². The van der Waals surface area contributed by atoms with E-state index in [0.29, 0.717) is 0 Å². The lowest BCUT2D eigenvalue weighted by atomic mass is 10.2. The Kier molecular flexibility index (Phi) is 4.15. The molecule has 0 saturated heterocycles. The number of rotatable bonds is 4. The number of fused-ring (bicyclic) bond motifs is 1. The Morgan fingerprint density at radius 3 is 2.91 bits per heavy atom. The third kappa shape index (κ3) is 3.17. The summed E-state index contributed by atoms with van der Waals surface area (Å²) in [7, 11) is 0. The molecule has 0 fully saturated rings. The van der Waals surface area contributed by atoms with Crippen LogP contribution in [0.1, 0.15) is 30.8 Å². The smallest absolute Gasteiger partial charge is 0.191 e. The van der Waals surface area contributed by atoms with Crippen molar-refractivity contribution < 1.29 is 4.52 Å². The van der Waals surface area contributed by atoms with Gasteiger partial charge in [-0.3, -0.25) is 0 Å². The van der Waals surface area contributed by atoms with Crippen LogP contribution in [0.15, 0.2) is 46.1 Å². The second-order valence-electron chi connectivity index (χ2n) is 5.70. The molecule has 0 atom stereocenters. The number of aromatic nitrogens is 4. The van der Waals surface area contributed by atoms with Gasteiger partial charge >= 0.3 is 0 Å². The number of benzene rings is 1. The summed E-state index contributed by atoms with van der Waals surface area (Å²) >= 11 is 1.68. The molecule has 0 unspecified atom stereocenters. The highest BCUT2D eigenvalue weighted by Gasteiger charge is 2.16. The fourth-order valence-corrected chi connectivity index (χ4v) is 3.69. The maximum atomic E-state index is 5.45. The van der Waals surface area contributed by atoms with Crippen molar-refractivity contribution in [3.05, 3.63) is 47.9 Å². The first-order valence-electron chi connectivity index (χ1n) is 7.96. The van der Waals surface area contributed by atoms with Crippen molar-refractivity contribution in [2.45, 2.75) is 43.1 Å². The lowest BCUT2D eigenvalue weighted by molar-refractivity contribution is 0.426. The third-order valence-electron chi connectivity index (χ3n) is 4.04. The Bertz CT molecular complexity index is 781. The van der Waals surface area contributed by atoms with Crippen LogP contribution in [0.4, 0.5) is 0 Å². The van der Waals surface area contributed by atoms with Crippen molar-refractivity contribution in [3.8, 4) is 11.3 Å². The summed E-state index contributed by atoms with van der Waals surface area (Å²) in [6.07, 6.45) is 4.74. The molecule has 0 bridgehead atoms. The van der Waals surface area contributed by atoms with Crippen LogP contribution in [0.5, 0.6) is 0 Å². The highest BCUT2D eigenvalue weighted by molar-refractivity contribution is 7.98. The fraction of sp³-hybridized carbons (Fsp3) is 0.353. The molecule has 5 nitrogen and oxygen atoms in total. The zero-order valence-corrected chi connectivity index (χ0v) is 13.6. The van der Waals surface area contributed by atoms with Crippen LogP contribution in [0.25, 0.3) is 11.3 Å². The maximum absolute atomic E-state index is 5.45. The average molecular weight is 326 g/mol. The molecule has 1 aromatic carbocycles. The minimum absolute atomic E-state index is 0.745. The minimum Gasteiger partial charge on any atom is -0.356 e. The van der Waals surface area contributed by atoms with Crippen molar-refractivity contribution in [1.29, 1.82) is 0 Å². The van der Waals surface area contributed by atoms with Gasteiger partial charge in [-0.1, -0.05) is 53.7 Å². The van der Waals surface area contributed by atoms with Gasteiger partial charge in [-0.2, -0.15) is 0 Å². The van der Waals surface area contributed by atoms with Gasteiger partial charge in [0.15, 0.2) is 10.9 Å². The van der Waals surface area contributed by atoms with Gasteiger partial charge in [0, 0.05) is 30.3 Å². The molecule has 0 saturated carbocycles. The molecular formula is C17H18N4OS. The maximum Gasteiger partial charge on any atom is 0.191 e. The zero-order chi connectivity index (χ0) is 15.5. The van der Waals surface area contributed by atoms with Crippen LogP contribution < -0.4 is 0 Å². The SMILES string of the molecule is c1ccc(-c2cc(CSc3nnc4n3CCCCC4)no2)cc1. The summed E-state index contributed by atoms with van der Waals surface area (Å²) in [5.41, 5.74) is 1.98. The quantitative estimate of drug-likeness (QED) is 0.679. The highest BCUT2D eigenvalue weighted by Crippen LogP contribution is 2.26. The first-order chi connectivity index (χ1) is 11.4. The van der Waals surface area contributed by atoms with E-state index in [4.69, 9.17) is 4.52 Å². The Balaban J connectivity index is 1.46. The fourth-order valence-electron chi connectivity index (χ4n) is 2.82. The first kappa shape index (κ1) is 14.5. The van der Waals surface area contributed by atoms with E-state index >= 15 is 0 Å². The van der Waals surface area contributed by atoms with E-state index < -0.39 is 0 Å². The summed E-state index contributed by atoms with van der Waals surface area (Å²) in [6.45, 7) is 1.03. The number of hydrogen-bond donors (Lipinski definition) is 0. The molecular weight excluding hydrogens is 308 g/mol. The minimum atomic E-state index is 0.745. The molecule has 118 valence electrons. The molecule has 0 aliphatic carbocycles. The van der Waals surface area contributed by atoms with E-state index in [-0.39, 0.29) is 0 Å². The lowest BCUT2D eigenvalue weighted by Gasteiger charge is -2.04. The average Bonchev–Trinajstić information content (AvgIpc) is 3.15. The van der Waals surface area contributed by atoms with Gasteiger partial charge in [0.25, 0.3) is 0 Å². The van der Waals surface area contributed by atoms with Crippen LogP contribution in [-0.2, 0) is 18.7 Å². The number of aryl methyl sites for hydroxylation is 1. The van der Waals surface area contributed by atoms with Gasteiger partial charge in [0.05, 0.1) is 5.69 Å². The molecule has 0 N–H and O–H groups in total. The molecule has 3 heterocycles. The highest BCUT2D eigenvalue weighted by atomic mass is 32.2. The summed E-state index contributed by atoms with van der Waals surface area (Å²) in [5, 5.41) is 13.8. The van der Waals surface area contributed by atoms with Crippen LogP contribution >= 0.6 is 11.8 Å². The van der Waals surface area contributed by atoms with E-state index in [9.17, 15) is 0 Å². The van der Waals surface area contributed by atoms with Gasteiger partial charge in [-0.15, -0.1) is 10.2 Å². The van der Waals surface area contributed by atoms with Gasteiger partial charge < -0.3 is 9.09 Å². The molecule has 3 aromatic rings. The van der Waals surface area contributed by atoms with Crippen LogP contribution in [0, 0.1) is 0 Å². The zero-order valence-electron chi connectivity index (χ0n) is 12.8. The largest absolute Gasteiger partial charge is 0.356 e. The van der Waals surface area contributed by atoms with Crippen molar-refractivity contribution in [2.24, 2.45) is 0 Å². The number of nitrogens with zero attached hydrogens (tertiary/aromatic N) is 4. The van der Waals surface area contributed by atoms with Crippen molar-refractivity contribution in [2.75, 3.05) is 0 Å². The number of thioether (sulfide) groups is 1. The van der Waals surface area contributed by atoms with Crippen LogP contribution in [0.3, 0.4) is 0 Å². The molecule has 0 spiro atoms. The van der Waals surface area contributed by atoms with Crippen molar-refractivity contribution in [1.82, 2.24) is 19.9 Å². The summed E-state index contributed by atoms with van der Waals surface area (Å²) in [5.74, 6) is 2.67. The van der Waals surface area contributed by atoms with E-state index in [2.05, 4.69) is 19.9 Å². The Morgan fingerprint density at radius 1 is 1.09 bits per heavy atom. The van der Waals surface area contributed by atoms with Crippen LogP contribution in [-0.4, -0.2) is 19.9 Å². The van der Waals surface area contributed by atoms with Crippen LogP contribution in [0.2, 0.25) is 0 Å². The molecule has 6 heteroatoms. The second kappa shape index (κ2) is 6.58. The summed E-state index contributed by atoms with van der Waals surface area (Å²) in [4.78, 5) is 0. The number of hydrogen-bond acceptors (Lipinski definition) is 5. The predicted molar refractivity (Wildman–Crippen MR) is 89.1 cm³/mol. The molecule has 23 heavy (non-hydrogen) atoms. The topological polar surface area (TPSA) is 56.7 Å². The predicted octanol–water partition coefficient (Wildman–Crippen LogP) is 3.95. The second-order valence-corrected chi connectivity index (χ2v) is 6.64. The molecule has 4 rings (SSSR count). The first-order valence-corrected chi connectivity index (χ1v) is 8.94. The third-order valence-corrected chi connectivity index (χ3v) is 5.04. The van der Waals surface area contributed by atoms with Gasteiger partial charge in [0.2, 0.25) is 0 Å². The molecule has 0 amide bonds. The Hall–Kier alpha value is -2.08. The van der Waals surface area contributed by atoms with Crippen molar-refractivity contribution >= 4 is 11.8 Å². The van der Waals surface area contributed by atoms with E-state index in [1.807, 2.05) is 36.4 Å². The summed E-state index contributed by atoms with van der Waals surface area (Å²) < 4.78 is 7.71. The standard InChI is InChI=1S/C17H18N4OS/c1-3-7-13(8-4-1)15-11-14(20-22-15)12-23-17-19-18-16-9-5-2-6-10-21(16)17/h1,3-4,7-8,11H,2,5-6,9-10,12H2. The molecule has 0 radical (unpaired) electrons. The van der Waals surface area contributed by atoms with E-state index in [1.165, 1.54) is 19.3 Å². The van der Waals surface area contributed by atoms with E-state index in [1.54, 1.807) is 11.8 Å². The van der Waals surface area contributed by atoms with Crippen molar-refractivity contribution in [3.63, 3.8) is 0 Å². The monoisotopic (exact) mass is 326 g/mol. The molecule has 1 aliphatic heterocycles. The lowest BCUT2D eigenvalue weighted by Crippen LogP contribution is -2.02.